The van der Waals surface area contributed by atoms with Crippen LogP contribution >= 0.6 is 0 Å². The molecule has 0 radical (unpaired) electrons. The van der Waals surface area contributed by atoms with Gasteiger partial charge in [-0.15, -0.1) is 0 Å². The Bertz CT molecular complexity index is 315. The number of aliphatic carboxylic acids is 1. The topological polar surface area (TPSA) is 37.3 Å². The fraction of sp³-hybridized carbons (Fsp3) is 0.625. The molecule has 0 aliphatic rings. The van der Waals surface area contributed by atoms with Gasteiger partial charge in [-0.05, 0) is 6.92 Å². The third-order valence-electron chi connectivity index (χ3n) is 1.71. The van der Waals surface area contributed by atoms with Crippen molar-refractivity contribution in [1.82, 2.24) is 0 Å². The molecule has 0 spiro atoms. The van der Waals surface area contributed by atoms with Crippen molar-refractivity contribution in [2.75, 3.05) is 0 Å². The number of carboxylic acid groups (broad SMARTS) is 1. The summed E-state index contributed by atoms with van der Waals surface area (Å²) in [5.41, 5.74) is -1.14. The Labute approximate surface area is 86.6 Å². The van der Waals surface area contributed by atoms with Gasteiger partial charge in [0, 0.05) is 18.6 Å². The highest BCUT2D eigenvalue weighted by Crippen LogP contribution is 2.46. The van der Waals surface area contributed by atoms with Crippen molar-refractivity contribution in [3.05, 3.63) is 11.6 Å². The van der Waals surface area contributed by atoms with Crippen LogP contribution in [0.25, 0.3) is 0 Å². The molecule has 0 unspecified atom stereocenters. The molecule has 1 N–H and O–H groups in total. The lowest BCUT2D eigenvalue weighted by atomic mass is 10.0. The molecular weight excluding hydrogens is 242 g/mol. The van der Waals surface area contributed by atoms with Crippen LogP contribution in [0.2, 0.25) is 0 Å². The van der Waals surface area contributed by atoms with Gasteiger partial charge < -0.3 is 5.11 Å². The van der Waals surface area contributed by atoms with Crippen molar-refractivity contribution < 1.29 is 36.2 Å². The number of hydrogen-bond acceptors (Lipinski definition) is 1. The van der Waals surface area contributed by atoms with Gasteiger partial charge in [0.15, 0.2) is 0 Å². The van der Waals surface area contributed by atoms with Crippen LogP contribution in [0, 0.1) is 0 Å². The quantitative estimate of drug-likeness (QED) is 0.615. The van der Waals surface area contributed by atoms with Gasteiger partial charge in [0.25, 0.3) is 0 Å². The van der Waals surface area contributed by atoms with E-state index < -0.39 is 35.4 Å². The highest BCUT2D eigenvalue weighted by molar-refractivity contribution is 5.86. The van der Waals surface area contributed by atoms with Crippen LogP contribution in [-0.4, -0.2) is 28.8 Å². The van der Waals surface area contributed by atoms with Gasteiger partial charge in [-0.1, -0.05) is 0 Å². The summed E-state index contributed by atoms with van der Waals surface area (Å²) in [6.07, 6.45) is -0.688. The molecular formula is C8H8F6O2. The first-order valence-electron chi connectivity index (χ1n) is 3.89. The van der Waals surface area contributed by atoms with E-state index in [1.54, 1.807) is 0 Å². The number of allylic oxidation sites excluding steroid dienone is 1. The van der Waals surface area contributed by atoms with E-state index in [1.165, 1.54) is 0 Å². The Balaban J connectivity index is 5.38. The van der Waals surface area contributed by atoms with Crippen LogP contribution in [0.5, 0.6) is 0 Å². The van der Waals surface area contributed by atoms with Gasteiger partial charge in [-0.25, -0.2) is 4.79 Å². The average Bonchev–Trinajstić information content (AvgIpc) is 2.00. The van der Waals surface area contributed by atoms with Crippen LogP contribution in [0.4, 0.5) is 26.3 Å². The molecule has 94 valence electrons. The summed E-state index contributed by atoms with van der Waals surface area (Å²) in [5, 5.41) is 8.18. The molecule has 0 heterocycles. The average molecular weight is 250 g/mol. The maximum atomic E-state index is 12.7. The molecule has 0 bridgehead atoms. The minimum absolute atomic E-state index is 0.370. The summed E-state index contributed by atoms with van der Waals surface area (Å²) in [4.78, 5) is 10.1. The van der Waals surface area contributed by atoms with E-state index in [1.807, 2.05) is 0 Å². The van der Waals surface area contributed by atoms with Gasteiger partial charge in [-0.3, -0.25) is 0 Å². The van der Waals surface area contributed by atoms with E-state index >= 15 is 0 Å². The highest BCUT2D eigenvalue weighted by atomic mass is 19.3. The lowest BCUT2D eigenvalue weighted by molar-refractivity contribution is -0.285. The first-order chi connectivity index (χ1) is 6.83. The Morgan fingerprint density at radius 3 is 1.75 bits per heavy atom. The highest BCUT2D eigenvalue weighted by Gasteiger charge is 2.68. The molecule has 16 heavy (non-hydrogen) atoms. The summed E-state index contributed by atoms with van der Waals surface area (Å²) in [7, 11) is 0. The van der Waals surface area contributed by atoms with Crippen LogP contribution < -0.4 is 0 Å². The Kier molecular flexibility index (Phi) is 3.68. The zero-order valence-corrected chi connectivity index (χ0v) is 8.20. The van der Waals surface area contributed by atoms with E-state index in [9.17, 15) is 31.1 Å². The monoisotopic (exact) mass is 250 g/mol. The standard InChI is InChI=1S/C8H8F6O2/c1-4(5(15)16)3-7(11,12)8(13,14)6(2,9)10/h3H,1-2H3,(H,15,16)/b4-3+. The zero-order chi connectivity index (χ0) is 13.4. The first-order valence-corrected chi connectivity index (χ1v) is 3.89. The Morgan fingerprint density at radius 2 is 1.50 bits per heavy atom. The van der Waals surface area contributed by atoms with Crippen molar-refractivity contribution in [3.63, 3.8) is 0 Å². The molecule has 0 aromatic rings. The van der Waals surface area contributed by atoms with E-state index in [2.05, 4.69) is 0 Å². The normalized spacial score (nSPS) is 15.1. The summed E-state index contributed by atoms with van der Waals surface area (Å²) in [6, 6.07) is 0. The van der Waals surface area contributed by atoms with E-state index in [-0.39, 0.29) is 6.92 Å². The van der Waals surface area contributed by atoms with Gasteiger partial charge in [0.05, 0.1) is 0 Å². The van der Waals surface area contributed by atoms with Gasteiger partial charge in [0.1, 0.15) is 0 Å². The number of rotatable bonds is 4. The molecule has 0 fully saturated rings. The number of alkyl halides is 6. The van der Waals surface area contributed by atoms with Crippen molar-refractivity contribution in [2.24, 2.45) is 0 Å². The summed E-state index contributed by atoms with van der Waals surface area (Å²) in [6.45, 7) is 0.227. The summed E-state index contributed by atoms with van der Waals surface area (Å²) in [5.74, 6) is -17.8. The molecule has 0 atom stereocenters. The second kappa shape index (κ2) is 3.99. The van der Waals surface area contributed by atoms with E-state index in [4.69, 9.17) is 5.11 Å². The molecule has 0 amide bonds. The smallest absolute Gasteiger partial charge is 0.375 e. The molecule has 0 rings (SSSR count). The Morgan fingerprint density at radius 1 is 1.12 bits per heavy atom. The van der Waals surface area contributed by atoms with Gasteiger partial charge >= 0.3 is 23.7 Å². The largest absolute Gasteiger partial charge is 0.478 e. The molecule has 0 aliphatic heterocycles. The minimum Gasteiger partial charge on any atom is -0.478 e. The molecule has 0 aromatic carbocycles. The second-order valence-corrected chi connectivity index (χ2v) is 3.22. The van der Waals surface area contributed by atoms with Gasteiger partial charge in [0.2, 0.25) is 0 Å². The van der Waals surface area contributed by atoms with Crippen molar-refractivity contribution in [3.8, 4) is 0 Å². The number of halogens is 6. The van der Waals surface area contributed by atoms with Crippen LogP contribution in [-0.2, 0) is 4.79 Å². The molecule has 0 saturated heterocycles. The predicted octanol–water partition coefficient (Wildman–Crippen LogP) is 2.94. The number of carbonyl (C=O) groups is 1. The summed E-state index contributed by atoms with van der Waals surface area (Å²) < 4.78 is 75.1. The lowest BCUT2D eigenvalue weighted by Gasteiger charge is -2.28. The SMILES string of the molecule is C/C(=C\C(F)(F)C(F)(F)C(C)(F)F)C(=O)O. The number of hydrogen-bond donors (Lipinski definition) is 1. The fourth-order valence-electron chi connectivity index (χ4n) is 0.717. The first kappa shape index (κ1) is 14.8. The molecule has 0 saturated carbocycles. The Hall–Kier alpha value is -1.21. The van der Waals surface area contributed by atoms with Crippen LogP contribution in [0.15, 0.2) is 11.6 Å². The predicted molar refractivity (Wildman–Crippen MR) is 41.9 cm³/mol. The lowest BCUT2D eigenvalue weighted by Crippen LogP contribution is -2.51. The van der Waals surface area contributed by atoms with Crippen LogP contribution in [0.1, 0.15) is 13.8 Å². The maximum absolute atomic E-state index is 12.7. The van der Waals surface area contributed by atoms with Crippen molar-refractivity contribution >= 4 is 5.97 Å². The fourth-order valence-corrected chi connectivity index (χ4v) is 0.717. The van der Waals surface area contributed by atoms with E-state index in [0.29, 0.717) is 6.92 Å². The van der Waals surface area contributed by atoms with Crippen molar-refractivity contribution in [2.45, 2.75) is 31.6 Å². The van der Waals surface area contributed by atoms with Crippen LogP contribution in [0.3, 0.4) is 0 Å². The van der Waals surface area contributed by atoms with Gasteiger partial charge in [-0.2, -0.15) is 26.3 Å². The maximum Gasteiger partial charge on any atom is 0.375 e. The number of carboxylic acids is 1. The third-order valence-corrected chi connectivity index (χ3v) is 1.71. The zero-order valence-electron chi connectivity index (χ0n) is 8.20. The second-order valence-electron chi connectivity index (χ2n) is 3.22. The molecule has 8 heteroatoms. The van der Waals surface area contributed by atoms with E-state index in [0.717, 1.165) is 0 Å². The third kappa shape index (κ3) is 2.67. The molecule has 2 nitrogen and oxygen atoms in total. The molecule has 0 aliphatic carbocycles. The van der Waals surface area contributed by atoms with Crippen molar-refractivity contribution in [1.29, 1.82) is 0 Å². The minimum atomic E-state index is -5.66. The summed E-state index contributed by atoms with van der Waals surface area (Å²) >= 11 is 0. The molecule has 0 aromatic heterocycles.